The van der Waals surface area contributed by atoms with Crippen molar-refractivity contribution in [3.05, 3.63) is 35.9 Å². The molecule has 0 bridgehead atoms. The molecule has 0 saturated carbocycles. The Kier molecular flexibility index (Phi) is 5.57. The van der Waals surface area contributed by atoms with Crippen molar-refractivity contribution in [1.82, 2.24) is 4.57 Å². The molecule has 0 unspecified atom stereocenters. The highest BCUT2D eigenvalue weighted by molar-refractivity contribution is 6.38. The fourth-order valence-electron chi connectivity index (χ4n) is 1.94. The Bertz CT molecular complexity index is 438. The second-order valence-corrected chi connectivity index (χ2v) is 8.46. The van der Waals surface area contributed by atoms with Crippen molar-refractivity contribution in [2.75, 3.05) is 0 Å². The van der Waals surface area contributed by atoms with E-state index in [2.05, 4.69) is 83.4 Å². The summed E-state index contributed by atoms with van der Waals surface area (Å²) in [4.78, 5) is 5.01. The molecule has 1 aromatic carbocycles. The van der Waals surface area contributed by atoms with Gasteiger partial charge >= 0.3 is 0 Å². The fourth-order valence-corrected chi connectivity index (χ4v) is 3.06. The summed E-state index contributed by atoms with van der Waals surface area (Å²) in [7, 11) is 0.752. The summed E-state index contributed by atoms with van der Waals surface area (Å²) in [6.45, 7) is 15.5. The van der Waals surface area contributed by atoms with E-state index in [0.717, 1.165) is 21.6 Å². The van der Waals surface area contributed by atoms with Crippen LogP contribution in [-0.4, -0.2) is 31.2 Å². The van der Waals surface area contributed by atoms with Crippen LogP contribution in [0.3, 0.4) is 0 Å². The van der Waals surface area contributed by atoms with E-state index >= 15 is 0 Å². The molecule has 20 heavy (non-hydrogen) atoms. The van der Waals surface area contributed by atoms with Gasteiger partial charge in [-0.1, -0.05) is 37.3 Å². The number of amidine groups is 1. The first-order chi connectivity index (χ1) is 9.15. The van der Waals surface area contributed by atoms with Crippen LogP contribution in [0, 0.1) is 0 Å². The largest absolute Gasteiger partial charge is 0.379 e. The minimum absolute atomic E-state index is 0.0765. The van der Waals surface area contributed by atoms with Crippen LogP contribution >= 0.6 is 0 Å². The molecule has 0 heterocycles. The number of hydrogen-bond acceptors (Lipinski definition) is 1. The summed E-state index contributed by atoms with van der Waals surface area (Å²) >= 11 is 0. The highest BCUT2D eigenvalue weighted by Gasteiger charge is 2.26. The summed E-state index contributed by atoms with van der Waals surface area (Å²) in [5.41, 5.74) is 1.21. The molecule has 0 aromatic heterocycles. The summed E-state index contributed by atoms with van der Waals surface area (Å²) in [5, 5.41) is 0. The smallest absolute Gasteiger partial charge is 0.183 e. The summed E-state index contributed by atoms with van der Waals surface area (Å²) in [5.74, 6) is 1.12. The number of nitrogens with zero attached hydrogens (tertiary/aromatic N) is 2. The Morgan fingerprint density at radius 3 is 2.00 bits per heavy atom. The molecule has 0 fully saturated rings. The van der Waals surface area contributed by atoms with E-state index in [1.54, 1.807) is 0 Å². The molecule has 0 N–H and O–H groups in total. The zero-order chi connectivity index (χ0) is 15.4. The van der Waals surface area contributed by atoms with Gasteiger partial charge in [0.2, 0.25) is 0 Å². The summed E-state index contributed by atoms with van der Waals surface area (Å²) in [6, 6.07) is 11.7. The van der Waals surface area contributed by atoms with Gasteiger partial charge in [-0.15, -0.1) is 0 Å². The monoisotopic (exact) mass is 288 g/mol. The Balaban J connectivity index is 3.33. The van der Waals surface area contributed by atoms with Crippen LogP contribution in [0.2, 0.25) is 6.04 Å². The van der Waals surface area contributed by atoms with Crippen molar-refractivity contribution in [2.45, 2.75) is 65.6 Å². The Morgan fingerprint density at radius 2 is 1.60 bits per heavy atom. The average molecular weight is 289 g/mol. The zero-order valence-corrected chi connectivity index (χ0v) is 15.0. The maximum absolute atomic E-state index is 5.01. The molecular formula is C17H28N2Si. The number of hydrogen-bond donors (Lipinski definition) is 0. The van der Waals surface area contributed by atoms with Crippen LogP contribution in [0.25, 0.3) is 0 Å². The van der Waals surface area contributed by atoms with Crippen LogP contribution in [-0.2, 0) is 0 Å². The topological polar surface area (TPSA) is 15.6 Å². The van der Waals surface area contributed by atoms with Gasteiger partial charge in [0, 0.05) is 11.1 Å². The van der Waals surface area contributed by atoms with Crippen molar-refractivity contribution in [1.29, 1.82) is 0 Å². The molecule has 1 rings (SSSR count). The fraction of sp³-hybridized carbons (Fsp3) is 0.588. The standard InChI is InChI=1S/C17H28N2Si/c1-8-20-19(17(5,6)7)15(18-16(2,3)4)14-12-10-9-11-13-14/h9-13H,8H2,1-7H3. The maximum Gasteiger partial charge on any atom is 0.183 e. The lowest BCUT2D eigenvalue weighted by Gasteiger charge is -2.39. The second-order valence-electron chi connectivity index (χ2n) is 6.99. The van der Waals surface area contributed by atoms with Gasteiger partial charge in [0.25, 0.3) is 0 Å². The minimum Gasteiger partial charge on any atom is -0.379 e. The molecule has 2 radical (unpaired) electrons. The van der Waals surface area contributed by atoms with E-state index < -0.39 is 0 Å². The molecule has 0 aliphatic carbocycles. The van der Waals surface area contributed by atoms with Crippen molar-refractivity contribution < 1.29 is 0 Å². The molecule has 3 heteroatoms. The molecule has 0 spiro atoms. The third-order valence-electron chi connectivity index (χ3n) is 2.67. The number of rotatable bonds is 3. The number of benzene rings is 1. The predicted molar refractivity (Wildman–Crippen MR) is 90.6 cm³/mol. The lowest BCUT2D eigenvalue weighted by molar-refractivity contribution is 0.355. The highest BCUT2D eigenvalue weighted by atomic mass is 28.2. The molecule has 2 nitrogen and oxygen atoms in total. The third-order valence-corrected chi connectivity index (χ3v) is 4.19. The van der Waals surface area contributed by atoms with Gasteiger partial charge in [0.1, 0.15) is 5.84 Å². The number of aliphatic imine (C=N–C) groups is 1. The first kappa shape index (κ1) is 17.0. The van der Waals surface area contributed by atoms with Crippen LogP contribution in [0.15, 0.2) is 35.3 Å². The highest BCUT2D eigenvalue weighted by Crippen LogP contribution is 2.20. The molecule has 110 valence electrons. The van der Waals surface area contributed by atoms with Crippen molar-refractivity contribution in [3.8, 4) is 0 Å². The quantitative estimate of drug-likeness (QED) is 0.457. The lowest BCUT2D eigenvalue weighted by atomic mass is 10.1. The molecule has 0 amide bonds. The van der Waals surface area contributed by atoms with Crippen molar-refractivity contribution >= 4 is 15.5 Å². The average Bonchev–Trinajstić information content (AvgIpc) is 2.32. The summed E-state index contributed by atoms with van der Waals surface area (Å²) in [6.07, 6.45) is 0. The lowest BCUT2D eigenvalue weighted by Crippen LogP contribution is -2.48. The zero-order valence-electron chi connectivity index (χ0n) is 14.0. The summed E-state index contributed by atoms with van der Waals surface area (Å²) < 4.78 is 2.45. The van der Waals surface area contributed by atoms with E-state index in [-0.39, 0.29) is 11.1 Å². The predicted octanol–water partition coefficient (Wildman–Crippen LogP) is 4.39. The minimum atomic E-state index is -0.0765. The van der Waals surface area contributed by atoms with E-state index in [1.807, 2.05) is 0 Å². The van der Waals surface area contributed by atoms with E-state index in [0.29, 0.717) is 0 Å². The molecule has 0 aliphatic rings. The molecule has 0 atom stereocenters. The van der Waals surface area contributed by atoms with Crippen LogP contribution in [0.4, 0.5) is 0 Å². The van der Waals surface area contributed by atoms with Crippen LogP contribution in [0.5, 0.6) is 0 Å². The Labute approximate surface area is 127 Å². The molecule has 1 aromatic rings. The van der Waals surface area contributed by atoms with Crippen LogP contribution < -0.4 is 0 Å². The van der Waals surface area contributed by atoms with Crippen LogP contribution in [0.1, 0.15) is 54.0 Å². The second kappa shape index (κ2) is 6.57. The Morgan fingerprint density at radius 1 is 1.05 bits per heavy atom. The van der Waals surface area contributed by atoms with Gasteiger partial charge in [-0.25, -0.2) is 0 Å². The first-order valence-electron chi connectivity index (χ1n) is 7.34. The molecular weight excluding hydrogens is 260 g/mol. The van der Waals surface area contributed by atoms with Gasteiger partial charge < -0.3 is 4.57 Å². The first-order valence-corrected chi connectivity index (χ1v) is 8.49. The van der Waals surface area contributed by atoms with Gasteiger partial charge in [-0.3, -0.25) is 4.99 Å². The van der Waals surface area contributed by atoms with Crippen molar-refractivity contribution in [3.63, 3.8) is 0 Å². The normalized spacial score (nSPS) is 13.4. The van der Waals surface area contributed by atoms with E-state index in [1.165, 1.54) is 5.56 Å². The SMILES string of the molecule is CC[Si]N(C(=NC(C)(C)C)c1ccccc1)C(C)(C)C. The van der Waals surface area contributed by atoms with Gasteiger partial charge in [0.05, 0.1) is 5.54 Å². The van der Waals surface area contributed by atoms with Gasteiger partial charge in [0.15, 0.2) is 9.68 Å². The van der Waals surface area contributed by atoms with E-state index in [9.17, 15) is 0 Å². The Hall–Kier alpha value is -1.09. The van der Waals surface area contributed by atoms with Crippen molar-refractivity contribution in [2.24, 2.45) is 4.99 Å². The van der Waals surface area contributed by atoms with Gasteiger partial charge in [-0.2, -0.15) is 0 Å². The van der Waals surface area contributed by atoms with E-state index in [4.69, 9.17) is 4.99 Å². The maximum atomic E-state index is 5.01. The van der Waals surface area contributed by atoms with Gasteiger partial charge in [-0.05, 0) is 47.6 Å². The molecule has 0 saturated heterocycles. The third kappa shape index (κ3) is 5.12. The molecule has 0 aliphatic heterocycles.